The molecule has 2 saturated heterocycles. The highest BCUT2D eigenvalue weighted by Gasteiger charge is 2.36. The van der Waals surface area contributed by atoms with E-state index in [1.807, 2.05) is 0 Å². The maximum atomic E-state index is 13.2. The van der Waals surface area contributed by atoms with Gasteiger partial charge in [-0.3, -0.25) is 14.9 Å². The van der Waals surface area contributed by atoms with Crippen LogP contribution in [0.25, 0.3) is 0 Å². The van der Waals surface area contributed by atoms with Crippen molar-refractivity contribution in [2.45, 2.75) is 31.6 Å². The monoisotopic (exact) mass is 411 g/mol. The van der Waals surface area contributed by atoms with Crippen LogP contribution in [0.3, 0.4) is 0 Å². The van der Waals surface area contributed by atoms with E-state index >= 15 is 0 Å². The number of nitro benzene ring substituents is 1. The van der Waals surface area contributed by atoms with Crippen molar-refractivity contribution in [3.63, 3.8) is 0 Å². The third kappa shape index (κ3) is 4.03. The van der Waals surface area contributed by atoms with Gasteiger partial charge in [-0.15, -0.1) is 0 Å². The molecule has 0 spiro atoms. The number of aryl methyl sites for hydroxylation is 1. The van der Waals surface area contributed by atoms with Crippen LogP contribution in [0.1, 0.15) is 24.0 Å². The van der Waals surface area contributed by atoms with E-state index in [4.69, 9.17) is 4.74 Å². The summed E-state index contributed by atoms with van der Waals surface area (Å²) in [6.45, 7) is 5.72. The van der Waals surface area contributed by atoms with Crippen LogP contribution in [-0.2, 0) is 19.6 Å². The van der Waals surface area contributed by atoms with Gasteiger partial charge in [0.05, 0.1) is 29.0 Å². The number of rotatable bonds is 4. The summed E-state index contributed by atoms with van der Waals surface area (Å²) in [5.41, 5.74) is 0.789. The zero-order chi connectivity index (χ0) is 20.5. The van der Waals surface area contributed by atoms with Crippen LogP contribution in [0.2, 0.25) is 0 Å². The second-order valence-electron chi connectivity index (χ2n) is 7.28. The second-order valence-corrected chi connectivity index (χ2v) is 9.19. The number of amides is 1. The number of morpholine rings is 1. The van der Waals surface area contributed by atoms with Crippen molar-refractivity contribution < 1.29 is 22.9 Å². The van der Waals surface area contributed by atoms with Crippen LogP contribution in [0.4, 0.5) is 5.69 Å². The Kier molecular flexibility index (Phi) is 6.01. The Morgan fingerprint density at radius 3 is 2.54 bits per heavy atom. The fourth-order valence-electron chi connectivity index (χ4n) is 3.73. The smallest absolute Gasteiger partial charge is 0.271 e. The molecule has 1 unspecified atom stereocenters. The average Bonchev–Trinajstić information content (AvgIpc) is 2.69. The van der Waals surface area contributed by atoms with Gasteiger partial charge < -0.3 is 9.64 Å². The van der Waals surface area contributed by atoms with E-state index in [-0.39, 0.29) is 23.0 Å². The largest absolute Gasteiger partial charge is 0.378 e. The number of nitro groups is 1. The fraction of sp³-hybridized carbons (Fsp3) is 0.611. The molecule has 0 radical (unpaired) electrons. The van der Waals surface area contributed by atoms with Gasteiger partial charge in [-0.1, -0.05) is 0 Å². The highest BCUT2D eigenvalue weighted by Crippen LogP contribution is 2.30. The molecule has 9 nitrogen and oxygen atoms in total. The molecule has 0 bridgehead atoms. The van der Waals surface area contributed by atoms with Crippen LogP contribution in [0.5, 0.6) is 0 Å². The van der Waals surface area contributed by atoms with Gasteiger partial charge in [0.1, 0.15) is 0 Å². The molecule has 0 saturated carbocycles. The second kappa shape index (κ2) is 8.14. The first kappa shape index (κ1) is 20.7. The summed E-state index contributed by atoms with van der Waals surface area (Å²) in [4.78, 5) is 25.0. The van der Waals surface area contributed by atoms with Gasteiger partial charge in [-0.2, -0.15) is 4.31 Å². The third-order valence-corrected chi connectivity index (χ3v) is 7.48. The van der Waals surface area contributed by atoms with Crippen molar-refractivity contribution in [2.75, 3.05) is 39.4 Å². The molecular formula is C18H25N3O6S. The number of carbonyl (C=O) groups excluding carboxylic acids is 1. The van der Waals surface area contributed by atoms with Gasteiger partial charge in [0, 0.05) is 38.3 Å². The van der Waals surface area contributed by atoms with Crippen molar-refractivity contribution in [2.24, 2.45) is 5.92 Å². The first-order valence-electron chi connectivity index (χ1n) is 9.34. The molecule has 2 aliphatic heterocycles. The van der Waals surface area contributed by atoms with Crippen LogP contribution in [0, 0.1) is 29.9 Å². The summed E-state index contributed by atoms with van der Waals surface area (Å²) in [5.74, 6) is -0.447. The first-order chi connectivity index (χ1) is 13.2. The summed E-state index contributed by atoms with van der Waals surface area (Å²) in [5, 5.41) is 11.2. The van der Waals surface area contributed by atoms with E-state index in [1.54, 1.807) is 18.7 Å². The van der Waals surface area contributed by atoms with E-state index in [9.17, 15) is 23.3 Å². The van der Waals surface area contributed by atoms with Gasteiger partial charge in [-0.05, 0) is 37.8 Å². The molecule has 0 aromatic heterocycles. The lowest BCUT2D eigenvalue weighted by molar-refractivity contribution is -0.385. The third-order valence-electron chi connectivity index (χ3n) is 5.49. The lowest BCUT2D eigenvalue weighted by atomic mass is 9.98. The SMILES string of the molecule is Cc1cc([N+](=O)[O-])cc(S(=O)(=O)N2CCCC(C(=O)N3CCOCC3)C2)c1C. The number of non-ortho nitro benzene ring substituents is 1. The normalized spacial score (nSPS) is 21.5. The highest BCUT2D eigenvalue weighted by atomic mass is 32.2. The number of sulfonamides is 1. The number of piperidine rings is 1. The van der Waals surface area contributed by atoms with Gasteiger partial charge in [-0.25, -0.2) is 8.42 Å². The Morgan fingerprint density at radius 1 is 1.21 bits per heavy atom. The van der Waals surface area contributed by atoms with Crippen LogP contribution >= 0.6 is 0 Å². The van der Waals surface area contributed by atoms with E-state index in [0.717, 1.165) is 6.07 Å². The van der Waals surface area contributed by atoms with Gasteiger partial charge in [0.15, 0.2) is 0 Å². The van der Waals surface area contributed by atoms with E-state index < -0.39 is 20.9 Å². The molecule has 1 amide bonds. The minimum Gasteiger partial charge on any atom is -0.378 e. The van der Waals surface area contributed by atoms with E-state index in [0.29, 0.717) is 56.8 Å². The van der Waals surface area contributed by atoms with Crippen molar-refractivity contribution in [3.05, 3.63) is 33.4 Å². The summed E-state index contributed by atoms with van der Waals surface area (Å²) < 4.78 is 33.0. The molecule has 1 aromatic rings. The van der Waals surface area contributed by atoms with Crippen molar-refractivity contribution in [3.8, 4) is 0 Å². The minimum atomic E-state index is -3.93. The van der Waals surface area contributed by atoms with Crippen LogP contribution in [-0.4, -0.2) is 67.8 Å². The zero-order valence-corrected chi connectivity index (χ0v) is 16.9. The maximum absolute atomic E-state index is 13.2. The number of benzene rings is 1. The molecule has 10 heteroatoms. The lowest BCUT2D eigenvalue weighted by Crippen LogP contribution is -2.49. The molecule has 1 atom stereocenters. The predicted molar refractivity (Wildman–Crippen MR) is 101 cm³/mol. The highest BCUT2D eigenvalue weighted by molar-refractivity contribution is 7.89. The molecule has 0 N–H and O–H groups in total. The quantitative estimate of drug-likeness (QED) is 0.548. The fourth-order valence-corrected chi connectivity index (χ4v) is 5.57. The van der Waals surface area contributed by atoms with Crippen molar-refractivity contribution in [1.29, 1.82) is 0 Å². The standard InChI is InChI=1S/C18H25N3O6S/c1-13-10-16(21(23)24)11-17(14(13)2)28(25,26)20-5-3-4-15(12-20)18(22)19-6-8-27-9-7-19/h10-11,15H,3-9,12H2,1-2H3. The molecule has 154 valence electrons. The topological polar surface area (TPSA) is 110 Å². The van der Waals surface area contributed by atoms with E-state index in [2.05, 4.69) is 0 Å². The Balaban J connectivity index is 1.86. The summed E-state index contributed by atoms with van der Waals surface area (Å²) in [6.07, 6.45) is 1.21. The first-order valence-corrected chi connectivity index (χ1v) is 10.8. The molecule has 0 aliphatic carbocycles. The van der Waals surface area contributed by atoms with Gasteiger partial charge >= 0.3 is 0 Å². The number of carbonyl (C=O) groups is 1. The molecule has 28 heavy (non-hydrogen) atoms. The number of nitrogens with zero attached hydrogens (tertiary/aromatic N) is 3. The Bertz CT molecular complexity index is 880. The summed E-state index contributed by atoms with van der Waals surface area (Å²) >= 11 is 0. The van der Waals surface area contributed by atoms with Crippen LogP contribution < -0.4 is 0 Å². The number of hydrogen-bond donors (Lipinski definition) is 0. The predicted octanol–water partition coefficient (Wildman–Crippen LogP) is 1.47. The Labute approximate surface area is 164 Å². The van der Waals surface area contributed by atoms with Crippen LogP contribution in [0.15, 0.2) is 17.0 Å². The summed E-state index contributed by atoms with van der Waals surface area (Å²) in [7, 11) is -3.93. The van der Waals surface area contributed by atoms with Crippen molar-refractivity contribution in [1.82, 2.24) is 9.21 Å². The van der Waals surface area contributed by atoms with E-state index in [1.165, 1.54) is 10.4 Å². The molecular weight excluding hydrogens is 386 g/mol. The molecule has 2 fully saturated rings. The zero-order valence-electron chi connectivity index (χ0n) is 16.1. The Morgan fingerprint density at radius 2 is 1.89 bits per heavy atom. The molecule has 3 rings (SSSR count). The number of ether oxygens (including phenoxy) is 1. The number of hydrogen-bond acceptors (Lipinski definition) is 6. The summed E-state index contributed by atoms with van der Waals surface area (Å²) in [6, 6.07) is 2.49. The molecule has 2 aliphatic rings. The lowest BCUT2D eigenvalue weighted by Gasteiger charge is -2.35. The Hall–Kier alpha value is -2.04. The van der Waals surface area contributed by atoms with Crippen molar-refractivity contribution >= 4 is 21.6 Å². The van der Waals surface area contributed by atoms with Gasteiger partial charge in [0.2, 0.25) is 15.9 Å². The average molecular weight is 411 g/mol. The molecule has 2 heterocycles. The van der Waals surface area contributed by atoms with Gasteiger partial charge in [0.25, 0.3) is 5.69 Å². The minimum absolute atomic E-state index is 0.0462. The molecule has 1 aromatic carbocycles. The maximum Gasteiger partial charge on any atom is 0.271 e.